The van der Waals surface area contributed by atoms with Gasteiger partial charge in [0.15, 0.2) is 5.96 Å². The summed E-state index contributed by atoms with van der Waals surface area (Å²) in [5, 5.41) is 10.1. The molecular weight excluding hydrogens is 475 g/mol. The van der Waals surface area contributed by atoms with Crippen LogP contribution in [0.15, 0.2) is 29.4 Å². The number of nitrogens with one attached hydrogen (secondary N) is 3. The number of carbonyl (C=O) groups is 1. The van der Waals surface area contributed by atoms with Gasteiger partial charge in [-0.05, 0) is 32.4 Å². The molecule has 0 saturated heterocycles. The van der Waals surface area contributed by atoms with Gasteiger partial charge in [-0.1, -0.05) is 13.0 Å². The Morgan fingerprint density at radius 1 is 1.26 bits per heavy atom. The van der Waals surface area contributed by atoms with Gasteiger partial charge in [-0.15, -0.1) is 35.3 Å². The summed E-state index contributed by atoms with van der Waals surface area (Å²) in [6.07, 6.45) is 3.22. The summed E-state index contributed by atoms with van der Waals surface area (Å²) in [5.41, 5.74) is 0.871. The minimum atomic E-state index is -0.0843. The van der Waals surface area contributed by atoms with Gasteiger partial charge in [0, 0.05) is 36.3 Å². The van der Waals surface area contributed by atoms with Crippen LogP contribution in [-0.4, -0.2) is 34.9 Å². The minimum Gasteiger partial charge on any atom is -0.357 e. The van der Waals surface area contributed by atoms with Crippen LogP contribution in [0.5, 0.6) is 0 Å². The summed E-state index contributed by atoms with van der Waals surface area (Å²) in [5.74, 6) is 1.17. The Morgan fingerprint density at radius 3 is 2.74 bits per heavy atom. The molecule has 27 heavy (non-hydrogen) atoms. The third-order valence-corrected chi connectivity index (χ3v) is 4.59. The van der Waals surface area contributed by atoms with Gasteiger partial charge < -0.3 is 16.0 Å². The van der Waals surface area contributed by atoms with E-state index in [0.717, 1.165) is 23.7 Å². The second-order valence-corrected chi connectivity index (χ2v) is 6.86. The number of nitrogens with zero attached hydrogens (tertiary/aromatic N) is 3. The highest BCUT2D eigenvalue weighted by Crippen LogP contribution is 2.13. The van der Waals surface area contributed by atoms with Crippen LogP contribution in [0.3, 0.4) is 0 Å². The van der Waals surface area contributed by atoms with E-state index in [1.54, 1.807) is 17.4 Å². The molecule has 148 valence electrons. The molecule has 0 bridgehead atoms. The Bertz CT molecular complexity index is 749. The number of thiazole rings is 1. The van der Waals surface area contributed by atoms with Crippen molar-refractivity contribution in [1.82, 2.24) is 20.6 Å². The predicted octanol–water partition coefficient (Wildman–Crippen LogP) is 3.11. The average Bonchev–Trinajstić information content (AvgIpc) is 3.08. The first-order valence-corrected chi connectivity index (χ1v) is 9.61. The van der Waals surface area contributed by atoms with E-state index in [0.29, 0.717) is 31.3 Å². The number of pyridine rings is 1. The molecule has 2 aromatic heterocycles. The number of amides is 1. The normalized spacial score (nSPS) is 10.9. The van der Waals surface area contributed by atoms with Gasteiger partial charge in [-0.2, -0.15) is 0 Å². The molecule has 0 radical (unpaired) electrons. The van der Waals surface area contributed by atoms with Gasteiger partial charge in [-0.3, -0.25) is 4.79 Å². The van der Waals surface area contributed by atoms with E-state index in [-0.39, 0.29) is 29.9 Å². The van der Waals surface area contributed by atoms with Gasteiger partial charge in [0.05, 0.1) is 6.54 Å². The summed E-state index contributed by atoms with van der Waals surface area (Å²) < 4.78 is 0. The van der Waals surface area contributed by atoms with Crippen LogP contribution in [-0.2, 0) is 17.8 Å². The topological polar surface area (TPSA) is 91.3 Å². The quantitative estimate of drug-likeness (QED) is 0.293. The first-order chi connectivity index (χ1) is 12.6. The Hall–Kier alpha value is -1.75. The van der Waals surface area contributed by atoms with Crippen LogP contribution in [0.2, 0.25) is 0 Å². The molecule has 0 aliphatic carbocycles. The number of aryl methyl sites for hydroxylation is 2. The summed E-state index contributed by atoms with van der Waals surface area (Å²) in [6.45, 7) is 7.78. The fourth-order valence-electron chi connectivity index (χ4n) is 2.19. The van der Waals surface area contributed by atoms with Gasteiger partial charge in [0.25, 0.3) is 0 Å². The molecule has 1 amide bonds. The number of guanidine groups is 1. The lowest BCUT2D eigenvalue weighted by molar-refractivity contribution is -0.116. The van der Waals surface area contributed by atoms with Crippen molar-refractivity contribution in [3.05, 3.63) is 40.0 Å². The summed E-state index contributed by atoms with van der Waals surface area (Å²) in [7, 11) is 0. The lowest BCUT2D eigenvalue weighted by Gasteiger charge is -2.11. The standard InChI is InChI=1S/C18H26N6OS.HI/c1-4-14-11-21-17(26-14)12-22-18(19-5-2)20-10-9-16(25)24-15-8-6-7-13(3)23-15;/h6-8,11H,4-5,9-10,12H2,1-3H3,(H2,19,20,22)(H,23,24,25);1H. The van der Waals surface area contributed by atoms with Crippen LogP contribution in [0.1, 0.15) is 35.8 Å². The Kier molecular flexibility index (Phi) is 10.9. The fourth-order valence-corrected chi connectivity index (χ4v) is 2.97. The number of aliphatic imine (C=N–C) groups is 1. The Labute approximate surface area is 181 Å². The molecule has 9 heteroatoms. The maximum atomic E-state index is 12.0. The third kappa shape index (κ3) is 8.65. The lowest BCUT2D eigenvalue weighted by atomic mass is 10.3. The molecule has 0 aliphatic heterocycles. The first-order valence-electron chi connectivity index (χ1n) is 8.80. The monoisotopic (exact) mass is 502 g/mol. The Balaban J connectivity index is 0.00000364. The van der Waals surface area contributed by atoms with Crippen molar-refractivity contribution in [2.24, 2.45) is 4.99 Å². The summed E-state index contributed by atoms with van der Waals surface area (Å²) >= 11 is 1.68. The molecule has 2 rings (SSSR count). The predicted molar refractivity (Wildman–Crippen MR) is 122 cm³/mol. The molecular formula is C18H27IN6OS. The number of rotatable bonds is 8. The second-order valence-electron chi connectivity index (χ2n) is 5.66. The van der Waals surface area contributed by atoms with Crippen LogP contribution in [0.4, 0.5) is 5.82 Å². The molecule has 3 N–H and O–H groups in total. The summed E-state index contributed by atoms with van der Waals surface area (Å²) in [6, 6.07) is 5.54. The van der Waals surface area contributed by atoms with E-state index < -0.39 is 0 Å². The fraction of sp³-hybridized carbons (Fsp3) is 0.444. The molecule has 0 aliphatic rings. The lowest BCUT2D eigenvalue weighted by Crippen LogP contribution is -2.38. The minimum absolute atomic E-state index is 0. The van der Waals surface area contributed by atoms with E-state index >= 15 is 0 Å². The number of hydrogen-bond donors (Lipinski definition) is 3. The number of hydrogen-bond acceptors (Lipinski definition) is 5. The molecule has 0 saturated carbocycles. The van der Waals surface area contributed by atoms with Crippen LogP contribution < -0.4 is 16.0 Å². The van der Waals surface area contributed by atoms with Crippen molar-refractivity contribution in [2.75, 3.05) is 18.4 Å². The van der Waals surface area contributed by atoms with Gasteiger partial charge >= 0.3 is 0 Å². The third-order valence-electron chi connectivity index (χ3n) is 3.47. The summed E-state index contributed by atoms with van der Waals surface area (Å²) in [4.78, 5) is 26.4. The van der Waals surface area contributed by atoms with Crippen molar-refractivity contribution < 1.29 is 4.79 Å². The molecule has 0 unspecified atom stereocenters. The zero-order chi connectivity index (χ0) is 18.8. The highest BCUT2D eigenvalue weighted by molar-refractivity contribution is 14.0. The molecule has 0 aromatic carbocycles. The average molecular weight is 502 g/mol. The highest BCUT2D eigenvalue weighted by atomic mass is 127. The van der Waals surface area contributed by atoms with Gasteiger partial charge in [0.1, 0.15) is 10.8 Å². The van der Waals surface area contributed by atoms with Crippen LogP contribution in [0, 0.1) is 6.92 Å². The zero-order valence-electron chi connectivity index (χ0n) is 15.9. The molecule has 0 fully saturated rings. The number of anilines is 1. The van der Waals surface area contributed by atoms with Crippen LogP contribution in [0.25, 0.3) is 0 Å². The van der Waals surface area contributed by atoms with Crippen molar-refractivity contribution in [1.29, 1.82) is 0 Å². The van der Waals surface area contributed by atoms with Crippen molar-refractivity contribution >= 4 is 53.0 Å². The van der Waals surface area contributed by atoms with Crippen LogP contribution >= 0.6 is 35.3 Å². The van der Waals surface area contributed by atoms with Crippen molar-refractivity contribution in [3.8, 4) is 0 Å². The smallest absolute Gasteiger partial charge is 0.227 e. The van der Waals surface area contributed by atoms with E-state index in [1.165, 1.54) is 4.88 Å². The molecule has 0 spiro atoms. The number of aromatic nitrogens is 2. The van der Waals surface area contributed by atoms with Gasteiger partial charge in [0.2, 0.25) is 5.91 Å². The number of carbonyl (C=O) groups excluding carboxylic acids is 1. The SMILES string of the molecule is CCNC(=NCc1ncc(CC)s1)NCCC(=O)Nc1cccc(C)n1.I. The van der Waals surface area contributed by atoms with Crippen molar-refractivity contribution in [3.63, 3.8) is 0 Å². The van der Waals surface area contributed by atoms with Gasteiger partial charge in [-0.25, -0.2) is 15.0 Å². The van der Waals surface area contributed by atoms with Crippen molar-refractivity contribution in [2.45, 2.75) is 40.2 Å². The molecule has 2 heterocycles. The highest BCUT2D eigenvalue weighted by Gasteiger charge is 2.05. The van der Waals surface area contributed by atoms with E-state index in [2.05, 4.69) is 37.8 Å². The largest absolute Gasteiger partial charge is 0.357 e. The van der Waals surface area contributed by atoms with E-state index in [4.69, 9.17) is 0 Å². The first kappa shape index (κ1) is 23.3. The maximum Gasteiger partial charge on any atom is 0.227 e. The maximum absolute atomic E-state index is 12.0. The number of halogens is 1. The second kappa shape index (κ2) is 12.6. The zero-order valence-corrected chi connectivity index (χ0v) is 19.1. The molecule has 7 nitrogen and oxygen atoms in total. The molecule has 0 atom stereocenters. The molecule has 2 aromatic rings. The van der Waals surface area contributed by atoms with E-state index in [9.17, 15) is 4.79 Å². The van der Waals surface area contributed by atoms with E-state index in [1.807, 2.05) is 32.2 Å². The Morgan fingerprint density at radius 2 is 2.07 bits per heavy atom.